The first-order valence-electron chi connectivity index (χ1n) is 9.18. The summed E-state index contributed by atoms with van der Waals surface area (Å²) in [7, 11) is 0. The number of rotatable bonds is 7. The number of esters is 1. The largest absolute Gasteiger partial charge is 0.472 e. The molecule has 28 heavy (non-hydrogen) atoms. The first-order chi connectivity index (χ1) is 13.5. The number of hydrogen-bond acceptors (Lipinski definition) is 5. The van der Waals surface area contributed by atoms with Crippen LogP contribution in [0.15, 0.2) is 57.7 Å². The minimum absolute atomic E-state index is 0.228. The molecule has 6 heteroatoms. The molecule has 3 aromatic rings. The Labute approximate surface area is 167 Å². The zero-order valence-corrected chi connectivity index (χ0v) is 16.5. The first kappa shape index (κ1) is 20.0. The fraction of sp³-hybridized carbons (Fsp3) is 0.273. The van der Waals surface area contributed by atoms with Gasteiger partial charge in [-0.25, -0.2) is 9.59 Å². The van der Waals surface area contributed by atoms with Gasteiger partial charge in [-0.15, -0.1) is 0 Å². The van der Waals surface area contributed by atoms with E-state index in [1.54, 1.807) is 31.2 Å². The second-order valence-corrected chi connectivity index (χ2v) is 6.69. The molecule has 0 spiro atoms. The predicted molar refractivity (Wildman–Crippen MR) is 108 cm³/mol. The molecule has 0 unspecified atom stereocenters. The van der Waals surface area contributed by atoms with Gasteiger partial charge in [-0.05, 0) is 25.0 Å². The van der Waals surface area contributed by atoms with Crippen molar-refractivity contribution in [3.63, 3.8) is 0 Å². The lowest BCUT2D eigenvalue weighted by Gasteiger charge is -2.19. The first-order valence-corrected chi connectivity index (χ1v) is 9.55. The Balaban J connectivity index is 2.04. The summed E-state index contributed by atoms with van der Waals surface area (Å²) in [6.07, 6.45) is 0.628. The maximum atomic E-state index is 12.5. The molecule has 0 radical (unpaired) electrons. The summed E-state index contributed by atoms with van der Waals surface area (Å²) in [5.74, 6) is -0.279. The molecule has 3 rings (SSSR count). The van der Waals surface area contributed by atoms with Crippen LogP contribution in [0.4, 0.5) is 0 Å². The lowest BCUT2D eigenvalue weighted by Crippen LogP contribution is -2.21. The van der Waals surface area contributed by atoms with E-state index in [9.17, 15) is 9.59 Å². The summed E-state index contributed by atoms with van der Waals surface area (Å²) >= 11 is 6.43. The summed E-state index contributed by atoms with van der Waals surface area (Å²) in [5.41, 5.74) is 1.44. The second-order valence-electron chi connectivity index (χ2n) is 6.28. The van der Waals surface area contributed by atoms with Crippen LogP contribution < -0.4 is 10.4 Å². The number of benzene rings is 2. The lowest BCUT2D eigenvalue weighted by molar-refractivity contribution is -0.151. The van der Waals surface area contributed by atoms with Crippen molar-refractivity contribution in [1.82, 2.24) is 0 Å². The van der Waals surface area contributed by atoms with E-state index in [1.165, 1.54) is 6.07 Å². The van der Waals surface area contributed by atoms with Gasteiger partial charge in [0.15, 0.2) is 0 Å². The minimum Gasteiger partial charge on any atom is -0.472 e. The van der Waals surface area contributed by atoms with Gasteiger partial charge in [0.05, 0.1) is 11.6 Å². The zero-order chi connectivity index (χ0) is 20.1. The van der Waals surface area contributed by atoms with Gasteiger partial charge < -0.3 is 13.9 Å². The van der Waals surface area contributed by atoms with Crippen LogP contribution in [0.3, 0.4) is 0 Å². The van der Waals surface area contributed by atoms with E-state index in [0.717, 1.165) is 23.8 Å². The van der Waals surface area contributed by atoms with Gasteiger partial charge in [-0.3, -0.25) is 0 Å². The van der Waals surface area contributed by atoms with Crippen LogP contribution >= 0.6 is 11.6 Å². The summed E-state index contributed by atoms with van der Waals surface area (Å²) in [6.45, 7) is 3.99. The SMILES string of the molecule is CCCc1cc(=O)oc2cc(O[C@H](C(=O)OCC)c3ccccc3)c(Cl)cc12. The third-order valence-electron chi connectivity index (χ3n) is 4.25. The molecule has 2 aromatic carbocycles. The molecule has 0 saturated heterocycles. The molecule has 0 N–H and O–H groups in total. The fourth-order valence-electron chi connectivity index (χ4n) is 3.02. The van der Waals surface area contributed by atoms with Crippen molar-refractivity contribution in [2.24, 2.45) is 0 Å². The molecule has 0 saturated carbocycles. The van der Waals surface area contributed by atoms with Crippen molar-refractivity contribution in [1.29, 1.82) is 0 Å². The topological polar surface area (TPSA) is 65.7 Å². The van der Waals surface area contributed by atoms with Gasteiger partial charge in [0, 0.05) is 23.1 Å². The molecule has 0 aliphatic rings. The Morgan fingerprint density at radius 2 is 1.89 bits per heavy atom. The third kappa shape index (κ3) is 4.37. The molecule has 146 valence electrons. The van der Waals surface area contributed by atoms with Crippen LogP contribution in [-0.4, -0.2) is 12.6 Å². The summed E-state index contributed by atoms with van der Waals surface area (Å²) < 4.78 is 16.4. The molecular formula is C22H21ClO5. The molecule has 1 heterocycles. The summed E-state index contributed by atoms with van der Waals surface area (Å²) in [4.78, 5) is 24.4. The number of carbonyl (C=O) groups is 1. The van der Waals surface area contributed by atoms with Crippen LogP contribution in [0.2, 0.25) is 5.02 Å². The van der Waals surface area contributed by atoms with Crippen molar-refractivity contribution < 1.29 is 18.7 Å². The van der Waals surface area contributed by atoms with Gasteiger partial charge in [0.2, 0.25) is 6.10 Å². The second kappa shape index (κ2) is 8.93. The Morgan fingerprint density at radius 3 is 2.57 bits per heavy atom. The highest BCUT2D eigenvalue weighted by molar-refractivity contribution is 6.32. The van der Waals surface area contributed by atoms with Crippen LogP contribution in [-0.2, 0) is 16.0 Å². The van der Waals surface area contributed by atoms with Gasteiger partial charge >= 0.3 is 11.6 Å². The van der Waals surface area contributed by atoms with Gasteiger partial charge in [0.1, 0.15) is 11.3 Å². The Morgan fingerprint density at radius 1 is 1.14 bits per heavy atom. The van der Waals surface area contributed by atoms with Gasteiger partial charge in [-0.1, -0.05) is 55.3 Å². The normalized spacial score (nSPS) is 12.0. The molecule has 0 fully saturated rings. The molecule has 5 nitrogen and oxygen atoms in total. The van der Waals surface area contributed by atoms with Crippen LogP contribution in [0.1, 0.15) is 37.5 Å². The van der Waals surface area contributed by atoms with E-state index in [4.69, 9.17) is 25.5 Å². The van der Waals surface area contributed by atoms with E-state index < -0.39 is 17.7 Å². The van der Waals surface area contributed by atoms with Crippen molar-refractivity contribution >= 4 is 28.5 Å². The quantitative estimate of drug-likeness (QED) is 0.408. The molecular weight excluding hydrogens is 380 g/mol. The average Bonchev–Trinajstić information content (AvgIpc) is 2.68. The third-order valence-corrected chi connectivity index (χ3v) is 4.55. The van der Waals surface area contributed by atoms with E-state index in [0.29, 0.717) is 16.2 Å². The highest BCUT2D eigenvalue weighted by Gasteiger charge is 2.25. The number of halogens is 1. The smallest absolute Gasteiger partial charge is 0.352 e. The number of hydrogen-bond donors (Lipinski definition) is 0. The zero-order valence-electron chi connectivity index (χ0n) is 15.7. The summed E-state index contributed by atoms with van der Waals surface area (Å²) in [5, 5.41) is 1.08. The molecule has 0 aliphatic heterocycles. The average molecular weight is 401 g/mol. The van der Waals surface area contributed by atoms with E-state index in [1.807, 2.05) is 25.1 Å². The highest BCUT2D eigenvalue weighted by Crippen LogP contribution is 2.34. The van der Waals surface area contributed by atoms with E-state index in [2.05, 4.69) is 0 Å². The minimum atomic E-state index is -0.985. The predicted octanol–water partition coefficient (Wildman–Crippen LogP) is 5.08. The molecule has 1 atom stereocenters. The standard InChI is InChI=1S/C22H21ClO5/c1-3-8-15-11-20(24)27-18-13-19(17(23)12-16(15)18)28-21(22(25)26-4-2)14-9-6-5-7-10-14/h5-7,9-13,21H,3-4,8H2,1-2H3/t21-/m0/s1. The Bertz CT molecular complexity index is 1030. The van der Waals surface area contributed by atoms with Crippen LogP contribution in [0.5, 0.6) is 5.75 Å². The van der Waals surface area contributed by atoms with Crippen LogP contribution in [0.25, 0.3) is 11.0 Å². The Hall–Kier alpha value is -2.79. The molecule has 1 aromatic heterocycles. The van der Waals surface area contributed by atoms with E-state index in [-0.39, 0.29) is 12.4 Å². The number of ether oxygens (including phenoxy) is 2. The van der Waals surface area contributed by atoms with Crippen molar-refractivity contribution in [3.05, 3.63) is 75.1 Å². The molecule has 0 aliphatic carbocycles. The number of aryl methyl sites for hydroxylation is 1. The van der Waals surface area contributed by atoms with Gasteiger partial charge in [-0.2, -0.15) is 0 Å². The van der Waals surface area contributed by atoms with Crippen molar-refractivity contribution in [2.45, 2.75) is 32.8 Å². The van der Waals surface area contributed by atoms with Crippen molar-refractivity contribution in [2.75, 3.05) is 6.61 Å². The monoisotopic (exact) mass is 400 g/mol. The summed E-state index contributed by atoms with van der Waals surface area (Å²) in [6, 6.07) is 13.7. The lowest BCUT2D eigenvalue weighted by atomic mass is 10.1. The number of fused-ring (bicyclic) bond motifs is 1. The fourth-order valence-corrected chi connectivity index (χ4v) is 3.23. The highest BCUT2D eigenvalue weighted by atomic mass is 35.5. The van der Waals surface area contributed by atoms with Crippen LogP contribution in [0, 0.1) is 0 Å². The van der Waals surface area contributed by atoms with E-state index >= 15 is 0 Å². The molecule has 0 amide bonds. The maximum Gasteiger partial charge on any atom is 0.352 e. The van der Waals surface area contributed by atoms with Crippen molar-refractivity contribution in [3.8, 4) is 5.75 Å². The van der Waals surface area contributed by atoms with Gasteiger partial charge in [0.25, 0.3) is 0 Å². The molecule has 0 bridgehead atoms. The maximum absolute atomic E-state index is 12.5. The Kier molecular flexibility index (Phi) is 6.37. The number of carbonyl (C=O) groups excluding carboxylic acids is 1.